The molecule has 1 aliphatic carbocycles. The molecule has 0 unspecified atom stereocenters. The van der Waals surface area contributed by atoms with E-state index in [2.05, 4.69) is 34.0 Å². The number of esters is 1. The Balaban J connectivity index is 1.94. The molecule has 0 aromatic carbocycles. The standard InChI is InChI=1S/C15H22INO4/c1-13-10(5-8-18)9-17-15(13,12(20)21-13)11(19)14(16)6-3-2-4-7-14/h3,6,10-11,17-19H,2,4-5,7-9H2,1H3/t10-,11+,13-,14-,15-/m0/s1. The number of carbonyl (C=O) groups is 1. The van der Waals surface area contributed by atoms with E-state index in [9.17, 15) is 15.0 Å². The fraction of sp³-hybridized carbons (Fsp3) is 0.800. The minimum absolute atomic E-state index is 0.0300. The lowest BCUT2D eigenvalue weighted by molar-refractivity contribution is -0.237. The molecule has 5 nitrogen and oxygen atoms in total. The fourth-order valence-electron chi connectivity index (χ4n) is 4.10. The van der Waals surface area contributed by atoms with Crippen molar-refractivity contribution in [2.24, 2.45) is 5.92 Å². The summed E-state index contributed by atoms with van der Waals surface area (Å²) in [6, 6.07) is 0. The van der Waals surface area contributed by atoms with Gasteiger partial charge in [0, 0.05) is 19.1 Å². The number of allylic oxidation sites excluding steroid dienone is 1. The molecule has 0 aromatic heterocycles. The van der Waals surface area contributed by atoms with Crippen LogP contribution in [0.5, 0.6) is 0 Å². The van der Waals surface area contributed by atoms with Crippen LogP contribution >= 0.6 is 22.6 Å². The topological polar surface area (TPSA) is 78.8 Å². The smallest absolute Gasteiger partial charge is 0.333 e. The molecule has 0 aromatic rings. The van der Waals surface area contributed by atoms with Gasteiger partial charge in [0.15, 0.2) is 5.54 Å². The van der Waals surface area contributed by atoms with Crippen LogP contribution in [-0.4, -0.2) is 50.0 Å². The van der Waals surface area contributed by atoms with E-state index in [-0.39, 0.29) is 18.5 Å². The predicted octanol–water partition coefficient (Wildman–Crippen LogP) is 0.917. The fourth-order valence-corrected chi connectivity index (χ4v) is 5.20. The van der Waals surface area contributed by atoms with E-state index in [1.807, 2.05) is 13.0 Å². The summed E-state index contributed by atoms with van der Waals surface area (Å²) in [5.41, 5.74) is -1.79. The Bertz CT molecular complexity index is 484. The Morgan fingerprint density at radius 1 is 1.62 bits per heavy atom. The molecule has 21 heavy (non-hydrogen) atoms. The average Bonchev–Trinajstić information content (AvgIpc) is 2.68. The quantitative estimate of drug-likeness (QED) is 0.280. The van der Waals surface area contributed by atoms with Crippen molar-refractivity contribution < 1.29 is 19.7 Å². The number of fused-ring (bicyclic) bond motifs is 1. The van der Waals surface area contributed by atoms with Crippen LogP contribution in [0.15, 0.2) is 12.2 Å². The van der Waals surface area contributed by atoms with E-state index >= 15 is 0 Å². The summed E-state index contributed by atoms with van der Waals surface area (Å²) in [6.45, 7) is 2.52. The molecule has 2 heterocycles. The van der Waals surface area contributed by atoms with Crippen LogP contribution < -0.4 is 5.32 Å². The number of ether oxygens (including phenoxy) is 1. The van der Waals surface area contributed by atoms with Crippen LogP contribution in [0.3, 0.4) is 0 Å². The molecular weight excluding hydrogens is 385 g/mol. The highest BCUT2D eigenvalue weighted by atomic mass is 127. The van der Waals surface area contributed by atoms with Gasteiger partial charge in [-0.3, -0.25) is 5.32 Å². The monoisotopic (exact) mass is 407 g/mol. The summed E-state index contributed by atoms with van der Waals surface area (Å²) in [5.74, 6) is -0.338. The molecule has 2 saturated heterocycles. The number of carbonyl (C=O) groups excluding carboxylic acids is 1. The van der Waals surface area contributed by atoms with E-state index in [0.29, 0.717) is 13.0 Å². The first-order valence-electron chi connectivity index (χ1n) is 7.55. The van der Waals surface area contributed by atoms with Crippen molar-refractivity contribution in [1.82, 2.24) is 5.32 Å². The van der Waals surface area contributed by atoms with Gasteiger partial charge in [-0.2, -0.15) is 0 Å². The van der Waals surface area contributed by atoms with Crippen LogP contribution in [0.2, 0.25) is 0 Å². The Hall–Kier alpha value is -0.180. The highest BCUT2D eigenvalue weighted by Gasteiger charge is 2.77. The van der Waals surface area contributed by atoms with Gasteiger partial charge in [0.05, 0.1) is 3.42 Å². The van der Waals surface area contributed by atoms with Gasteiger partial charge in [0.2, 0.25) is 0 Å². The summed E-state index contributed by atoms with van der Waals surface area (Å²) in [7, 11) is 0. The third-order valence-corrected chi connectivity index (χ3v) is 6.97. The molecule has 0 saturated carbocycles. The van der Waals surface area contributed by atoms with Crippen LogP contribution in [-0.2, 0) is 9.53 Å². The Labute approximate surface area is 138 Å². The number of nitrogens with one attached hydrogen (secondary N) is 1. The Morgan fingerprint density at radius 3 is 2.95 bits per heavy atom. The van der Waals surface area contributed by atoms with E-state index in [0.717, 1.165) is 19.3 Å². The van der Waals surface area contributed by atoms with Gasteiger partial charge < -0.3 is 14.9 Å². The number of hydrogen-bond acceptors (Lipinski definition) is 5. The Kier molecular flexibility index (Phi) is 3.87. The second-order valence-electron chi connectivity index (χ2n) is 6.52. The number of hydrogen-bond donors (Lipinski definition) is 3. The first-order valence-corrected chi connectivity index (χ1v) is 8.62. The molecule has 118 valence electrons. The first-order chi connectivity index (χ1) is 9.91. The maximum absolute atomic E-state index is 12.3. The minimum atomic E-state index is -1.05. The molecule has 3 aliphatic rings. The predicted molar refractivity (Wildman–Crippen MR) is 86.2 cm³/mol. The van der Waals surface area contributed by atoms with Crippen molar-refractivity contribution in [2.75, 3.05) is 13.2 Å². The number of aliphatic hydroxyl groups excluding tert-OH is 2. The Morgan fingerprint density at radius 2 is 2.38 bits per heavy atom. The number of rotatable bonds is 4. The van der Waals surface area contributed by atoms with E-state index < -0.39 is 20.7 Å². The molecular formula is C15H22INO4. The largest absolute Gasteiger partial charge is 0.455 e. The molecule has 3 rings (SSSR count). The van der Waals surface area contributed by atoms with E-state index in [1.165, 1.54) is 0 Å². The molecule has 0 amide bonds. The van der Waals surface area contributed by atoms with Crippen LogP contribution in [0, 0.1) is 5.92 Å². The second kappa shape index (κ2) is 5.18. The summed E-state index contributed by atoms with van der Waals surface area (Å²) < 4.78 is 5.03. The summed E-state index contributed by atoms with van der Waals surface area (Å²) in [5, 5.41) is 23.5. The first kappa shape index (κ1) is 15.7. The lowest BCUT2D eigenvalue weighted by Gasteiger charge is -2.57. The van der Waals surface area contributed by atoms with Crippen molar-refractivity contribution in [2.45, 2.75) is 53.3 Å². The highest BCUT2D eigenvalue weighted by molar-refractivity contribution is 14.1. The van der Waals surface area contributed by atoms with E-state index in [4.69, 9.17) is 4.74 Å². The molecule has 3 N–H and O–H groups in total. The lowest BCUT2D eigenvalue weighted by Crippen LogP contribution is -2.81. The van der Waals surface area contributed by atoms with Crippen molar-refractivity contribution in [3.05, 3.63) is 12.2 Å². The van der Waals surface area contributed by atoms with Gasteiger partial charge in [-0.15, -0.1) is 0 Å². The van der Waals surface area contributed by atoms with Crippen molar-refractivity contribution in [3.8, 4) is 0 Å². The number of aliphatic hydroxyl groups is 2. The van der Waals surface area contributed by atoms with Crippen LogP contribution in [0.4, 0.5) is 0 Å². The zero-order valence-electron chi connectivity index (χ0n) is 12.1. The SMILES string of the molecule is C[C@@]12OC(=O)[C@]1([C@H](O)[C@]1(I)C=CCCC1)NC[C@@H]2CCO. The number of alkyl halides is 1. The normalized spacial score (nSPS) is 46.7. The number of halogens is 1. The third kappa shape index (κ3) is 1.95. The van der Waals surface area contributed by atoms with Crippen molar-refractivity contribution in [3.63, 3.8) is 0 Å². The van der Waals surface area contributed by atoms with Gasteiger partial charge in [0.25, 0.3) is 0 Å². The molecule has 2 fully saturated rings. The van der Waals surface area contributed by atoms with Gasteiger partial charge in [-0.1, -0.05) is 34.7 Å². The van der Waals surface area contributed by atoms with Gasteiger partial charge in [-0.25, -0.2) is 4.79 Å². The molecule has 5 atom stereocenters. The molecule has 6 heteroatoms. The van der Waals surface area contributed by atoms with Crippen LogP contribution in [0.25, 0.3) is 0 Å². The van der Waals surface area contributed by atoms with Gasteiger partial charge in [0.1, 0.15) is 11.7 Å². The minimum Gasteiger partial charge on any atom is -0.455 e. The van der Waals surface area contributed by atoms with Crippen molar-refractivity contribution >= 4 is 28.6 Å². The molecule has 0 spiro atoms. The van der Waals surface area contributed by atoms with Crippen molar-refractivity contribution in [1.29, 1.82) is 0 Å². The lowest BCUT2D eigenvalue weighted by atomic mass is 9.64. The maximum atomic E-state index is 12.3. The summed E-state index contributed by atoms with van der Waals surface area (Å²) in [4.78, 5) is 12.3. The highest BCUT2D eigenvalue weighted by Crippen LogP contribution is 2.55. The molecule has 0 radical (unpaired) electrons. The van der Waals surface area contributed by atoms with Gasteiger partial charge in [-0.05, 0) is 32.6 Å². The van der Waals surface area contributed by atoms with E-state index in [1.54, 1.807) is 0 Å². The zero-order valence-corrected chi connectivity index (χ0v) is 14.3. The van der Waals surface area contributed by atoms with Crippen LogP contribution in [0.1, 0.15) is 32.6 Å². The summed E-state index contributed by atoms with van der Waals surface area (Å²) in [6.07, 6.45) is 6.72. The second-order valence-corrected chi connectivity index (χ2v) is 8.53. The maximum Gasteiger partial charge on any atom is 0.333 e. The average molecular weight is 407 g/mol. The molecule has 0 bridgehead atoms. The van der Waals surface area contributed by atoms with Gasteiger partial charge >= 0.3 is 5.97 Å². The molecule has 2 aliphatic heterocycles. The summed E-state index contributed by atoms with van der Waals surface area (Å²) >= 11 is 2.27. The zero-order chi connectivity index (χ0) is 15.3. The third-order valence-electron chi connectivity index (χ3n) is 5.48.